The van der Waals surface area contributed by atoms with Gasteiger partial charge in [0.05, 0.1) is 5.56 Å². The van der Waals surface area contributed by atoms with E-state index in [0.29, 0.717) is 5.56 Å². The average molecular weight is 330 g/mol. The van der Waals surface area contributed by atoms with Crippen molar-refractivity contribution in [2.24, 2.45) is 0 Å². The molecule has 0 heterocycles. The number of carbonyl (C=O) groups is 3. The Bertz CT molecular complexity index is 749. The minimum absolute atomic E-state index is 0.300. The van der Waals surface area contributed by atoms with E-state index in [1.165, 1.54) is 25.2 Å². The third-order valence-electron chi connectivity index (χ3n) is 3.12. The van der Waals surface area contributed by atoms with Gasteiger partial charge in [-0.1, -0.05) is 42.5 Å². The number of hydrogen-bond donors (Lipinski definition) is 2. The first-order valence-electron chi connectivity index (χ1n) is 7.06. The predicted octanol–water partition coefficient (Wildman–Crippen LogP) is 2.18. The molecule has 0 saturated heterocycles. The summed E-state index contributed by atoms with van der Waals surface area (Å²) < 4.78 is 18.8. The van der Waals surface area contributed by atoms with Gasteiger partial charge >= 0.3 is 12.0 Å². The molecule has 2 rings (SSSR count). The van der Waals surface area contributed by atoms with Crippen LogP contribution >= 0.6 is 0 Å². The molecule has 0 aromatic heterocycles. The fraction of sp³-hybridized carbons (Fsp3) is 0.118. The van der Waals surface area contributed by atoms with E-state index in [1.54, 1.807) is 30.3 Å². The van der Waals surface area contributed by atoms with Gasteiger partial charge in [-0.25, -0.2) is 14.0 Å². The fourth-order valence-corrected chi connectivity index (χ4v) is 1.94. The number of imide groups is 1. The number of hydrogen-bond acceptors (Lipinski definition) is 4. The molecule has 24 heavy (non-hydrogen) atoms. The minimum atomic E-state index is -1.39. The van der Waals surface area contributed by atoms with Gasteiger partial charge in [0.15, 0.2) is 0 Å². The van der Waals surface area contributed by atoms with Crippen molar-refractivity contribution in [3.63, 3.8) is 0 Å². The van der Waals surface area contributed by atoms with Gasteiger partial charge in [-0.15, -0.1) is 0 Å². The van der Waals surface area contributed by atoms with Crippen LogP contribution in [0.1, 0.15) is 22.0 Å². The summed E-state index contributed by atoms with van der Waals surface area (Å²) in [5.41, 5.74) is 0.0507. The van der Waals surface area contributed by atoms with E-state index in [1.807, 2.05) is 5.32 Å². The summed E-state index contributed by atoms with van der Waals surface area (Å²) in [7, 11) is 1.34. The Labute approximate surface area is 137 Å². The zero-order chi connectivity index (χ0) is 17.5. The maximum Gasteiger partial charge on any atom is 0.342 e. The summed E-state index contributed by atoms with van der Waals surface area (Å²) in [6, 6.07) is 12.6. The first-order valence-corrected chi connectivity index (χ1v) is 7.06. The largest absolute Gasteiger partial charge is 0.444 e. The number of urea groups is 1. The Hall–Kier alpha value is -3.22. The van der Waals surface area contributed by atoms with Crippen molar-refractivity contribution in [1.82, 2.24) is 10.6 Å². The lowest BCUT2D eigenvalue weighted by molar-refractivity contribution is -0.129. The second kappa shape index (κ2) is 7.87. The summed E-state index contributed by atoms with van der Waals surface area (Å²) in [4.78, 5) is 35.7. The zero-order valence-corrected chi connectivity index (χ0v) is 12.8. The normalized spacial score (nSPS) is 11.2. The molecule has 0 radical (unpaired) electrons. The number of halogens is 1. The molecule has 2 aromatic carbocycles. The summed E-state index contributed by atoms with van der Waals surface area (Å²) in [6.45, 7) is 0. The first-order chi connectivity index (χ1) is 11.5. The molecule has 0 spiro atoms. The molecular weight excluding hydrogens is 315 g/mol. The van der Waals surface area contributed by atoms with Gasteiger partial charge in [0.1, 0.15) is 5.82 Å². The van der Waals surface area contributed by atoms with Crippen LogP contribution in [-0.4, -0.2) is 25.0 Å². The SMILES string of the molecule is CNC(=O)NC(=O)C(OC(=O)c1ccccc1F)c1ccccc1. The predicted molar refractivity (Wildman–Crippen MR) is 83.6 cm³/mol. The molecule has 7 heteroatoms. The van der Waals surface area contributed by atoms with Crippen LogP contribution in [0.2, 0.25) is 0 Å². The molecule has 124 valence electrons. The smallest absolute Gasteiger partial charge is 0.342 e. The van der Waals surface area contributed by atoms with E-state index in [9.17, 15) is 18.8 Å². The van der Waals surface area contributed by atoms with Crippen LogP contribution in [0.15, 0.2) is 54.6 Å². The van der Waals surface area contributed by atoms with Crippen LogP contribution in [0.5, 0.6) is 0 Å². The Morgan fingerprint density at radius 2 is 1.62 bits per heavy atom. The first kappa shape index (κ1) is 17.1. The van der Waals surface area contributed by atoms with Gasteiger partial charge in [-0.2, -0.15) is 0 Å². The molecule has 1 atom stereocenters. The third kappa shape index (κ3) is 4.16. The molecule has 0 bridgehead atoms. The van der Waals surface area contributed by atoms with Crippen molar-refractivity contribution < 1.29 is 23.5 Å². The van der Waals surface area contributed by atoms with E-state index in [-0.39, 0.29) is 5.56 Å². The van der Waals surface area contributed by atoms with Crippen molar-refractivity contribution in [3.05, 3.63) is 71.5 Å². The Morgan fingerprint density at radius 3 is 2.25 bits per heavy atom. The van der Waals surface area contributed by atoms with Gasteiger partial charge in [-0.05, 0) is 12.1 Å². The second-order valence-electron chi connectivity index (χ2n) is 4.74. The number of nitrogens with one attached hydrogen (secondary N) is 2. The minimum Gasteiger partial charge on any atom is -0.444 e. The highest BCUT2D eigenvalue weighted by molar-refractivity contribution is 5.99. The Balaban J connectivity index is 2.26. The van der Waals surface area contributed by atoms with E-state index < -0.39 is 29.8 Å². The molecule has 0 saturated carbocycles. The molecular formula is C17H15FN2O4. The molecule has 6 nitrogen and oxygen atoms in total. The zero-order valence-electron chi connectivity index (χ0n) is 12.8. The fourth-order valence-electron chi connectivity index (χ4n) is 1.94. The van der Waals surface area contributed by atoms with E-state index in [4.69, 9.17) is 4.74 Å². The Morgan fingerprint density at radius 1 is 1.00 bits per heavy atom. The van der Waals surface area contributed by atoms with E-state index >= 15 is 0 Å². The summed E-state index contributed by atoms with van der Waals surface area (Å²) in [6.07, 6.45) is -1.39. The number of rotatable bonds is 4. The van der Waals surface area contributed by atoms with Gasteiger partial charge < -0.3 is 10.1 Å². The second-order valence-corrected chi connectivity index (χ2v) is 4.74. The average Bonchev–Trinajstić information content (AvgIpc) is 2.60. The summed E-state index contributed by atoms with van der Waals surface area (Å²) in [5.74, 6) is -2.61. The van der Waals surface area contributed by atoms with Crippen LogP contribution in [0.4, 0.5) is 9.18 Å². The lowest BCUT2D eigenvalue weighted by atomic mass is 10.1. The highest BCUT2D eigenvalue weighted by atomic mass is 19.1. The van der Waals surface area contributed by atoms with Gasteiger partial charge in [0, 0.05) is 12.6 Å². The van der Waals surface area contributed by atoms with Crippen molar-refractivity contribution >= 4 is 17.9 Å². The molecule has 3 amide bonds. The van der Waals surface area contributed by atoms with Crippen molar-refractivity contribution in [2.75, 3.05) is 7.05 Å². The quantitative estimate of drug-likeness (QED) is 0.842. The molecule has 2 aromatic rings. The van der Waals surface area contributed by atoms with Crippen LogP contribution < -0.4 is 10.6 Å². The van der Waals surface area contributed by atoms with Crippen LogP contribution in [0.3, 0.4) is 0 Å². The molecule has 1 unspecified atom stereocenters. The van der Waals surface area contributed by atoms with Crippen molar-refractivity contribution in [3.8, 4) is 0 Å². The van der Waals surface area contributed by atoms with Gasteiger partial charge in [0.25, 0.3) is 5.91 Å². The summed E-state index contributed by atoms with van der Waals surface area (Å²) in [5, 5.41) is 4.26. The van der Waals surface area contributed by atoms with Crippen LogP contribution in [0.25, 0.3) is 0 Å². The van der Waals surface area contributed by atoms with E-state index in [0.717, 1.165) is 6.07 Å². The standard InChI is InChI=1S/C17H15FN2O4/c1-19-17(23)20-15(21)14(11-7-3-2-4-8-11)24-16(22)12-9-5-6-10-13(12)18/h2-10,14H,1H3,(H2,19,20,21,23). The highest BCUT2D eigenvalue weighted by Crippen LogP contribution is 2.20. The molecule has 0 aliphatic heterocycles. The summed E-state index contributed by atoms with van der Waals surface area (Å²) >= 11 is 0. The maximum atomic E-state index is 13.7. The Kier molecular flexibility index (Phi) is 5.62. The topological polar surface area (TPSA) is 84.5 Å². The maximum absolute atomic E-state index is 13.7. The van der Waals surface area contributed by atoms with Crippen LogP contribution in [0, 0.1) is 5.82 Å². The molecule has 0 aliphatic carbocycles. The number of esters is 1. The number of carbonyl (C=O) groups excluding carboxylic acids is 3. The third-order valence-corrected chi connectivity index (χ3v) is 3.12. The number of ether oxygens (including phenoxy) is 1. The lowest BCUT2D eigenvalue weighted by Crippen LogP contribution is -2.41. The van der Waals surface area contributed by atoms with Crippen molar-refractivity contribution in [1.29, 1.82) is 0 Å². The van der Waals surface area contributed by atoms with Crippen LogP contribution in [-0.2, 0) is 9.53 Å². The number of benzene rings is 2. The van der Waals surface area contributed by atoms with Crippen molar-refractivity contribution in [2.45, 2.75) is 6.10 Å². The molecule has 0 fully saturated rings. The lowest BCUT2D eigenvalue weighted by Gasteiger charge is -2.17. The highest BCUT2D eigenvalue weighted by Gasteiger charge is 2.27. The van der Waals surface area contributed by atoms with Gasteiger partial charge in [-0.3, -0.25) is 10.1 Å². The molecule has 0 aliphatic rings. The monoisotopic (exact) mass is 330 g/mol. The van der Waals surface area contributed by atoms with Gasteiger partial charge in [0.2, 0.25) is 6.10 Å². The van der Waals surface area contributed by atoms with E-state index in [2.05, 4.69) is 5.32 Å². The molecule has 2 N–H and O–H groups in total. The number of amides is 3.